The van der Waals surface area contributed by atoms with Gasteiger partial charge in [-0.1, -0.05) is 17.4 Å². The Balaban J connectivity index is 1.58. The minimum atomic E-state index is -0.877. The Morgan fingerprint density at radius 2 is 1.88 bits per heavy atom. The zero-order valence-electron chi connectivity index (χ0n) is 13.9. The summed E-state index contributed by atoms with van der Waals surface area (Å²) >= 11 is 0. The molecule has 0 unspecified atom stereocenters. The number of ether oxygens (including phenoxy) is 1. The smallest absolute Gasteiger partial charge is 0.263 e. The first-order valence-electron chi connectivity index (χ1n) is 8.02. The molecule has 2 aliphatic rings. The molecule has 1 saturated heterocycles. The third kappa shape index (κ3) is 2.59. The van der Waals surface area contributed by atoms with Crippen LogP contribution in [0.4, 0.5) is 10.1 Å². The molecule has 2 aliphatic heterocycles. The van der Waals surface area contributed by atoms with Crippen LogP contribution in [0.3, 0.4) is 0 Å². The summed E-state index contributed by atoms with van der Waals surface area (Å²) in [6.07, 6.45) is 0. The highest BCUT2D eigenvalue weighted by molar-refractivity contribution is 6.25. The van der Waals surface area contributed by atoms with Crippen molar-refractivity contribution in [2.45, 2.75) is 18.6 Å². The average molecular weight is 354 g/mol. The molecular weight excluding hydrogens is 339 g/mol. The maximum absolute atomic E-state index is 13.1. The van der Waals surface area contributed by atoms with Crippen LogP contribution >= 0.6 is 0 Å². The molecular formula is C18H15FN4O3. The van der Waals surface area contributed by atoms with Crippen LogP contribution in [-0.2, 0) is 16.1 Å². The number of fused-ring (bicyclic) bond motifs is 1. The van der Waals surface area contributed by atoms with Crippen molar-refractivity contribution in [3.8, 4) is 5.75 Å². The zero-order chi connectivity index (χ0) is 18.3. The van der Waals surface area contributed by atoms with Gasteiger partial charge in [-0.3, -0.25) is 14.6 Å². The lowest BCUT2D eigenvalue weighted by molar-refractivity contribution is -0.123. The molecule has 4 rings (SSSR count). The molecule has 0 spiro atoms. The molecule has 132 valence electrons. The van der Waals surface area contributed by atoms with E-state index in [2.05, 4.69) is 10.3 Å². The SMILES string of the molecule is COc1cccc(CN2N=N[C@H]3C(=O)N(c4ccc(F)cc4)C(=O)[C@H]32)c1. The number of hydrogen-bond acceptors (Lipinski definition) is 6. The summed E-state index contributed by atoms with van der Waals surface area (Å²) in [4.78, 5) is 26.5. The van der Waals surface area contributed by atoms with Crippen molar-refractivity contribution in [3.63, 3.8) is 0 Å². The Morgan fingerprint density at radius 3 is 2.62 bits per heavy atom. The number of hydrogen-bond donors (Lipinski definition) is 0. The summed E-state index contributed by atoms with van der Waals surface area (Å²) in [5, 5.41) is 9.48. The highest BCUT2D eigenvalue weighted by atomic mass is 19.1. The van der Waals surface area contributed by atoms with Crippen molar-refractivity contribution in [2.75, 3.05) is 12.0 Å². The molecule has 0 N–H and O–H groups in total. The quantitative estimate of drug-likeness (QED) is 0.790. The van der Waals surface area contributed by atoms with E-state index in [1.165, 1.54) is 29.3 Å². The summed E-state index contributed by atoms with van der Waals surface area (Å²) < 4.78 is 18.3. The van der Waals surface area contributed by atoms with Crippen LogP contribution in [0.5, 0.6) is 5.75 Å². The van der Waals surface area contributed by atoms with Crippen LogP contribution in [-0.4, -0.2) is 36.0 Å². The molecule has 0 bridgehead atoms. The van der Waals surface area contributed by atoms with E-state index >= 15 is 0 Å². The second-order valence-corrected chi connectivity index (χ2v) is 6.03. The van der Waals surface area contributed by atoms with Gasteiger partial charge in [0.05, 0.1) is 19.3 Å². The first-order valence-corrected chi connectivity index (χ1v) is 8.02. The number of nitrogens with zero attached hydrogens (tertiary/aromatic N) is 4. The van der Waals surface area contributed by atoms with Gasteiger partial charge in [-0.25, -0.2) is 9.29 Å². The van der Waals surface area contributed by atoms with Gasteiger partial charge >= 0.3 is 0 Å². The third-order valence-electron chi connectivity index (χ3n) is 4.42. The van der Waals surface area contributed by atoms with Crippen molar-refractivity contribution in [2.24, 2.45) is 10.3 Å². The van der Waals surface area contributed by atoms with Crippen molar-refractivity contribution in [1.29, 1.82) is 0 Å². The number of amides is 2. The molecule has 2 atom stereocenters. The van der Waals surface area contributed by atoms with Gasteiger partial charge in [-0.15, -0.1) is 0 Å². The van der Waals surface area contributed by atoms with Crippen LogP contribution in [0.25, 0.3) is 0 Å². The fourth-order valence-electron chi connectivity index (χ4n) is 3.16. The molecule has 2 aromatic rings. The first kappa shape index (κ1) is 16.2. The number of imide groups is 1. The van der Waals surface area contributed by atoms with E-state index < -0.39 is 29.7 Å². The Kier molecular flexibility index (Phi) is 3.87. The summed E-state index contributed by atoms with van der Waals surface area (Å²) in [6.45, 7) is 0.318. The molecule has 0 aromatic heterocycles. The monoisotopic (exact) mass is 354 g/mol. The van der Waals surface area contributed by atoms with Crippen LogP contribution in [0, 0.1) is 5.82 Å². The molecule has 0 aliphatic carbocycles. The molecule has 0 radical (unpaired) electrons. The van der Waals surface area contributed by atoms with E-state index in [0.29, 0.717) is 18.0 Å². The molecule has 2 aromatic carbocycles. The molecule has 2 heterocycles. The summed E-state index contributed by atoms with van der Waals surface area (Å²) in [7, 11) is 1.57. The second-order valence-electron chi connectivity index (χ2n) is 6.03. The number of carbonyl (C=O) groups is 2. The van der Waals surface area contributed by atoms with Crippen LogP contribution in [0.2, 0.25) is 0 Å². The standard InChI is InChI=1S/C18H15FN4O3/c1-26-14-4-2-3-11(9-14)10-22-16-15(20-21-22)17(24)23(18(16)25)13-7-5-12(19)6-8-13/h2-9,15-16H,10H2,1H3/t15-,16+/m1/s1. The van der Waals surface area contributed by atoms with Gasteiger partial charge < -0.3 is 4.74 Å². The first-order chi connectivity index (χ1) is 12.6. The summed E-state index contributed by atoms with van der Waals surface area (Å²) in [6, 6.07) is 10.9. The lowest BCUT2D eigenvalue weighted by Crippen LogP contribution is -2.39. The highest BCUT2D eigenvalue weighted by Crippen LogP contribution is 2.33. The van der Waals surface area contributed by atoms with Crippen molar-refractivity contribution in [3.05, 3.63) is 59.9 Å². The largest absolute Gasteiger partial charge is 0.497 e. The fourth-order valence-corrected chi connectivity index (χ4v) is 3.16. The lowest BCUT2D eigenvalue weighted by Gasteiger charge is -2.20. The predicted octanol–water partition coefficient (Wildman–Crippen LogP) is 2.33. The molecule has 7 nitrogen and oxygen atoms in total. The number of anilines is 1. The lowest BCUT2D eigenvalue weighted by atomic mass is 10.1. The van der Waals surface area contributed by atoms with Gasteiger partial charge in [0, 0.05) is 0 Å². The van der Waals surface area contributed by atoms with Gasteiger partial charge in [0.1, 0.15) is 11.6 Å². The van der Waals surface area contributed by atoms with Crippen molar-refractivity contribution in [1.82, 2.24) is 5.01 Å². The fraction of sp³-hybridized carbons (Fsp3) is 0.222. The number of carbonyl (C=O) groups excluding carboxylic acids is 2. The van der Waals surface area contributed by atoms with E-state index in [9.17, 15) is 14.0 Å². The van der Waals surface area contributed by atoms with Crippen LogP contribution in [0.1, 0.15) is 5.56 Å². The Morgan fingerprint density at radius 1 is 1.12 bits per heavy atom. The molecule has 8 heteroatoms. The predicted molar refractivity (Wildman–Crippen MR) is 89.9 cm³/mol. The third-order valence-corrected chi connectivity index (χ3v) is 4.42. The number of benzene rings is 2. The number of methoxy groups -OCH3 is 1. The minimum absolute atomic E-state index is 0.318. The summed E-state index contributed by atoms with van der Waals surface area (Å²) in [5.41, 5.74) is 1.21. The Bertz CT molecular complexity index is 900. The van der Waals surface area contributed by atoms with Gasteiger partial charge in [-0.2, -0.15) is 5.11 Å². The number of rotatable bonds is 4. The average Bonchev–Trinajstić information content (AvgIpc) is 3.17. The topological polar surface area (TPSA) is 74.6 Å². The van der Waals surface area contributed by atoms with Gasteiger partial charge in [0.15, 0.2) is 12.1 Å². The Hall–Kier alpha value is -3.29. The van der Waals surface area contributed by atoms with E-state index in [4.69, 9.17) is 4.74 Å². The molecule has 2 amide bonds. The second kappa shape index (κ2) is 6.21. The van der Waals surface area contributed by atoms with Gasteiger partial charge in [0.25, 0.3) is 11.8 Å². The van der Waals surface area contributed by atoms with E-state index in [1.54, 1.807) is 7.11 Å². The van der Waals surface area contributed by atoms with Crippen LogP contribution < -0.4 is 9.64 Å². The van der Waals surface area contributed by atoms with Gasteiger partial charge in [0.2, 0.25) is 0 Å². The van der Waals surface area contributed by atoms with Crippen molar-refractivity contribution >= 4 is 17.5 Å². The number of halogens is 1. The summed E-state index contributed by atoms with van der Waals surface area (Å²) in [5.74, 6) is -0.618. The molecule has 0 saturated carbocycles. The highest BCUT2D eigenvalue weighted by Gasteiger charge is 2.54. The van der Waals surface area contributed by atoms with E-state index in [0.717, 1.165) is 10.5 Å². The zero-order valence-corrected chi connectivity index (χ0v) is 13.9. The van der Waals surface area contributed by atoms with Gasteiger partial charge in [-0.05, 0) is 42.0 Å². The molecule has 1 fully saturated rings. The minimum Gasteiger partial charge on any atom is -0.497 e. The normalized spacial score (nSPS) is 21.5. The van der Waals surface area contributed by atoms with Crippen LogP contribution in [0.15, 0.2) is 58.9 Å². The maximum atomic E-state index is 13.1. The van der Waals surface area contributed by atoms with E-state index in [1.807, 2.05) is 24.3 Å². The van der Waals surface area contributed by atoms with Crippen molar-refractivity contribution < 1.29 is 18.7 Å². The molecule has 26 heavy (non-hydrogen) atoms. The van der Waals surface area contributed by atoms with E-state index in [-0.39, 0.29) is 0 Å². The Labute approximate surface area is 148 Å². The maximum Gasteiger partial charge on any atom is 0.263 e.